The molecule has 4 aromatic rings. The maximum absolute atomic E-state index is 9.05. The number of ether oxygens (including phenoxy) is 1. The van der Waals surface area contributed by atoms with Crippen LogP contribution in [0.2, 0.25) is 0 Å². The smallest absolute Gasteiger partial charge is 0.226 e. The van der Waals surface area contributed by atoms with Crippen LogP contribution < -0.4 is 0 Å². The number of hydrogen-bond acceptors (Lipinski definition) is 5. The maximum Gasteiger partial charge on any atom is 0.226 e. The molecule has 0 spiro atoms. The first kappa shape index (κ1) is 17.6. The van der Waals surface area contributed by atoms with Gasteiger partial charge in [-0.25, -0.2) is 4.98 Å². The summed E-state index contributed by atoms with van der Waals surface area (Å²) in [6, 6.07) is 17.5. The Hall–Kier alpha value is -3.78. The number of aromatic nitrogens is 1. The molecule has 0 bridgehead atoms. The van der Waals surface area contributed by atoms with Gasteiger partial charge >= 0.3 is 0 Å². The third kappa shape index (κ3) is 3.06. The van der Waals surface area contributed by atoms with Crippen molar-refractivity contribution in [2.24, 2.45) is 0 Å². The van der Waals surface area contributed by atoms with Crippen LogP contribution in [0.4, 0.5) is 0 Å². The molecule has 0 radical (unpaired) electrons. The predicted octanol–water partition coefficient (Wildman–Crippen LogP) is 5.88. The zero-order chi connectivity index (χ0) is 19.7. The lowest BCUT2D eigenvalue weighted by Gasteiger charge is -1.97. The molecule has 138 valence electrons. The molecule has 2 heterocycles. The molecule has 0 saturated heterocycles. The Balaban J connectivity index is 1.80. The number of rotatable bonds is 4. The number of nitriles is 1. The van der Waals surface area contributed by atoms with E-state index >= 15 is 0 Å². The molecule has 2 aromatic carbocycles. The number of aryl methyl sites for hydroxylation is 2. The van der Waals surface area contributed by atoms with Crippen LogP contribution in [0.1, 0.15) is 16.9 Å². The van der Waals surface area contributed by atoms with Gasteiger partial charge < -0.3 is 13.6 Å². The third-order valence-electron chi connectivity index (χ3n) is 4.62. The van der Waals surface area contributed by atoms with Gasteiger partial charge in [0.1, 0.15) is 23.1 Å². The van der Waals surface area contributed by atoms with Crippen molar-refractivity contribution in [2.45, 2.75) is 13.8 Å². The van der Waals surface area contributed by atoms with Crippen molar-refractivity contribution in [3.63, 3.8) is 0 Å². The standard InChI is InChI=1S/C23H18N2O3/c1-14-19-12-16(11-18(13-24)26-3)9-10-20(19)28-22(14)21-15(2)27-23(25-21)17-7-5-4-6-8-17/h4-12H,1-3H3. The maximum atomic E-state index is 9.05. The van der Waals surface area contributed by atoms with Crippen LogP contribution in [-0.2, 0) is 4.74 Å². The summed E-state index contributed by atoms with van der Waals surface area (Å²) in [5.41, 5.74) is 4.20. The van der Waals surface area contributed by atoms with E-state index in [0.717, 1.165) is 27.7 Å². The van der Waals surface area contributed by atoms with E-state index in [9.17, 15) is 0 Å². The van der Waals surface area contributed by atoms with Crippen molar-refractivity contribution >= 4 is 17.0 Å². The van der Waals surface area contributed by atoms with Gasteiger partial charge in [0.2, 0.25) is 5.89 Å². The van der Waals surface area contributed by atoms with Crippen molar-refractivity contribution in [1.29, 1.82) is 5.26 Å². The normalized spacial score (nSPS) is 11.6. The van der Waals surface area contributed by atoms with E-state index in [4.69, 9.17) is 18.8 Å². The molecule has 0 saturated carbocycles. The monoisotopic (exact) mass is 370 g/mol. The minimum absolute atomic E-state index is 0.251. The number of furan rings is 1. The topological polar surface area (TPSA) is 72.2 Å². The third-order valence-corrected chi connectivity index (χ3v) is 4.62. The molecule has 0 atom stereocenters. The summed E-state index contributed by atoms with van der Waals surface area (Å²) in [4.78, 5) is 4.67. The van der Waals surface area contributed by atoms with Gasteiger partial charge in [0.25, 0.3) is 0 Å². The van der Waals surface area contributed by atoms with Gasteiger partial charge in [0, 0.05) is 16.5 Å². The van der Waals surface area contributed by atoms with E-state index in [1.54, 1.807) is 6.08 Å². The zero-order valence-corrected chi connectivity index (χ0v) is 15.8. The van der Waals surface area contributed by atoms with Crippen LogP contribution in [0, 0.1) is 25.2 Å². The van der Waals surface area contributed by atoms with E-state index < -0.39 is 0 Å². The molecule has 0 fully saturated rings. The number of nitrogens with zero attached hydrogens (tertiary/aromatic N) is 2. The molecule has 4 rings (SSSR count). The second kappa shape index (κ2) is 7.09. The minimum atomic E-state index is 0.251. The van der Waals surface area contributed by atoms with Gasteiger partial charge in [-0.05, 0) is 49.8 Å². The zero-order valence-electron chi connectivity index (χ0n) is 15.8. The minimum Gasteiger partial charge on any atom is -0.487 e. The number of methoxy groups -OCH3 is 1. The Morgan fingerprint density at radius 3 is 2.61 bits per heavy atom. The molecular formula is C23H18N2O3. The van der Waals surface area contributed by atoms with Crippen molar-refractivity contribution in [2.75, 3.05) is 7.11 Å². The van der Waals surface area contributed by atoms with Crippen molar-refractivity contribution < 1.29 is 13.6 Å². The molecule has 5 heteroatoms. The second-order valence-corrected chi connectivity index (χ2v) is 6.43. The van der Waals surface area contributed by atoms with Crippen LogP contribution in [-0.4, -0.2) is 12.1 Å². The summed E-state index contributed by atoms with van der Waals surface area (Å²) in [6.07, 6.45) is 1.69. The lowest BCUT2D eigenvalue weighted by atomic mass is 10.1. The molecule has 0 aliphatic carbocycles. The SMILES string of the molecule is COC(C#N)=Cc1ccc2oc(-c3nc(-c4ccccc4)oc3C)c(C)c2c1. The molecular weight excluding hydrogens is 352 g/mol. The first-order valence-corrected chi connectivity index (χ1v) is 8.83. The molecule has 5 nitrogen and oxygen atoms in total. The summed E-state index contributed by atoms with van der Waals surface area (Å²) >= 11 is 0. The fourth-order valence-corrected chi connectivity index (χ4v) is 3.15. The largest absolute Gasteiger partial charge is 0.487 e. The average molecular weight is 370 g/mol. The fraction of sp³-hybridized carbons (Fsp3) is 0.130. The van der Waals surface area contributed by atoms with Crippen LogP contribution in [0.3, 0.4) is 0 Å². The first-order chi connectivity index (χ1) is 13.6. The van der Waals surface area contributed by atoms with Gasteiger partial charge in [-0.2, -0.15) is 5.26 Å². The highest BCUT2D eigenvalue weighted by atomic mass is 16.5. The quantitative estimate of drug-likeness (QED) is 0.331. The number of hydrogen-bond donors (Lipinski definition) is 0. The van der Waals surface area contributed by atoms with Crippen molar-refractivity contribution in [3.05, 3.63) is 71.2 Å². The van der Waals surface area contributed by atoms with E-state index in [0.29, 0.717) is 23.1 Å². The van der Waals surface area contributed by atoms with Crippen molar-refractivity contribution in [1.82, 2.24) is 4.98 Å². The van der Waals surface area contributed by atoms with E-state index in [-0.39, 0.29) is 5.76 Å². The summed E-state index contributed by atoms with van der Waals surface area (Å²) < 4.78 is 17.0. The number of fused-ring (bicyclic) bond motifs is 1. The highest BCUT2D eigenvalue weighted by Gasteiger charge is 2.20. The van der Waals surface area contributed by atoms with Gasteiger partial charge in [-0.15, -0.1) is 0 Å². The second-order valence-electron chi connectivity index (χ2n) is 6.43. The summed E-state index contributed by atoms with van der Waals surface area (Å²) in [5, 5.41) is 10.0. The fourth-order valence-electron chi connectivity index (χ4n) is 3.15. The molecule has 0 aliphatic rings. The predicted molar refractivity (Wildman–Crippen MR) is 107 cm³/mol. The Bertz CT molecular complexity index is 1220. The lowest BCUT2D eigenvalue weighted by molar-refractivity contribution is 0.314. The molecule has 0 amide bonds. The van der Waals surface area contributed by atoms with E-state index in [2.05, 4.69) is 4.98 Å². The number of allylic oxidation sites excluding steroid dienone is 1. The summed E-state index contributed by atoms with van der Waals surface area (Å²) in [7, 11) is 1.48. The van der Waals surface area contributed by atoms with Gasteiger partial charge in [-0.3, -0.25) is 0 Å². The summed E-state index contributed by atoms with van der Waals surface area (Å²) in [5.74, 6) is 2.20. The Kier molecular flexibility index (Phi) is 4.46. The average Bonchev–Trinajstić information content (AvgIpc) is 3.26. The van der Waals surface area contributed by atoms with Crippen LogP contribution in [0.15, 0.2) is 63.1 Å². The van der Waals surface area contributed by atoms with E-state index in [1.807, 2.05) is 68.4 Å². The Morgan fingerprint density at radius 2 is 1.89 bits per heavy atom. The molecule has 2 aromatic heterocycles. The molecule has 28 heavy (non-hydrogen) atoms. The highest BCUT2D eigenvalue weighted by Crippen LogP contribution is 2.36. The first-order valence-electron chi connectivity index (χ1n) is 8.83. The lowest BCUT2D eigenvalue weighted by Crippen LogP contribution is -1.83. The summed E-state index contributed by atoms with van der Waals surface area (Å²) in [6.45, 7) is 3.87. The van der Waals surface area contributed by atoms with Crippen LogP contribution >= 0.6 is 0 Å². The number of benzene rings is 2. The van der Waals surface area contributed by atoms with Gasteiger partial charge in [-0.1, -0.05) is 24.3 Å². The van der Waals surface area contributed by atoms with E-state index in [1.165, 1.54) is 7.11 Å². The van der Waals surface area contributed by atoms with Crippen LogP contribution in [0.5, 0.6) is 0 Å². The Morgan fingerprint density at radius 1 is 1.11 bits per heavy atom. The Labute approximate surface area is 162 Å². The molecule has 0 N–H and O–H groups in total. The van der Waals surface area contributed by atoms with Gasteiger partial charge in [0.05, 0.1) is 7.11 Å². The number of oxazole rings is 1. The van der Waals surface area contributed by atoms with Crippen LogP contribution in [0.25, 0.3) is 40.0 Å². The molecule has 0 aliphatic heterocycles. The van der Waals surface area contributed by atoms with Gasteiger partial charge in [0.15, 0.2) is 11.5 Å². The molecule has 0 unspecified atom stereocenters. The van der Waals surface area contributed by atoms with Crippen molar-refractivity contribution in [3.8, 4) is 29.0 Å². The highest BCUT2D eigenvalue weighted by molar-refractivity contribution is 5.89.